The molecule has 0 unspecified atom stereocenters. The van der Waals surface area contributed by atoms with E-state index < -0.39 is 10.0 Å². The second-order valence-corrected chi connectivity index (χ2v) is 9.08. The molecule has 0 saturated carbocycles. The van der Waals surface area contributed by atoms with E-state index in [1.54, 1.807) is 33.1 Å². The first-order valence-electron chi connectivity index (χ1n) is 9.47. The molecule has 0 amide bonds. The Morgan fingerprint density at radius 3 is 2.11 bits per heavy atom. The Morgan fingerprint density at radius 1 is 1.00 bits per heavy atom. The van der Waals surface area contributed by atoms with Crippen LogP contribution in [0, 0.1) is 13.8 Å². The molecular formula is C21H29N3O3S. The number of nitrogens with zero attached hydrogens (tertiary/aromatic N) is 2. The van der Waals surface area contributed by atoms with Crippen molar-refractivity contribution in [2.75, 3.05) is 45.2 Å². The minimum atomic E-state index is -3.60. The van der Waals surface area contributed by atoms with Crippen molar-refractivity contribution in [3.8, 4) is 5.75 Å². The van der Waals surface area contributed by atoms with Gasteiger partial charge in [0.2, 0.25) is 10.0 Å². The summed E-state index contributed by atoms with van der Waals surface area (Å²) in [4.78, 5) is 5.00. The molecule has 1 fully saturated rings. The maximum absolute atomic E-state index is 12.8. The van der Waals surface area contributed by atoms with Crippen molar-refractivity contribution in [2.45, 2.75) is 25.3 Å². The number of aryl methyl sites for hydroxylation is 2. The zero-order valence-corrected chi connectivity index (χ0v) is 17.8. The number of sulfonamides is 1. The van der Waals surface area contributed by atoms with Crippen molar-refractivity contribution in [2.24, 2.45) is 0 Å². The maximum Gasteiger partial charge on any atom is 0.241 e. The molecule has 1 N–H and O–H groups in total. The summed E-state index contributed by atoms with van der Waals surface area (Å²) in [6.07, 6.45) is 0. The van der Waals surface area contributed by atoms with E-state index >= 15 is 0 Å². The van der Waals surface area contributed by atoms with Crippen molar-refractivity contribution in [3.05, 3.63) is 53.1 Å². The van der Waals surface area contributed by atoms with Crippen LogP contribution in [-0.2, 0) is 16.6 Å². The molecule has 1 aliphatic heterocycles. The molecule has 2 aromatic rings. The molecule has 0 radical (unpaired) electrons. The average Bonchev–Trinajstić information content (AvgIpc) is 2.66. The Bertz CT molecular complexity index is 895. The molecule has 2 aromatic carbocycles. The van der Waals surface area contributed by atoms with Crippen molar-refractivity contribution >= 4 is 15.7 Å². The van der Waals surface area contributed by atoms with Crippen LogP contribution in [0.25, 0.3) is 0 Å². The lowest BCUT2D eigenvalue weighted by Crippen LogP contribution is -2.44. The summed E-state index contributed by atoms with van der Waals surface area (Å²) in [5.74, 6) is 0.661. The van der Waals surface area contributed by atoms with Gasteiger partial charge < -0.3 is 14.5 Å². The maximum atomic E-state index is 12.8. The summed E-state index contributed by atoms with van der Waals surface area (Å²) in [5.41, 5.74) is 3.47. The summed E-state index contributed by atoms with van der Waals surface area (Å²) in [6.45, 7) is 7.97. The number of hydrogen-bond acceptors (Lipinski definition) is 5. The Balaban J connectivity index is 1.68. The lowest BCUT2D eigenvalue weighted by molar-refractivity contribution is 0.313. The van der Waals surface area contributed by atoms with Gasteiger partial charge in [-0.05, 0) is 61.9 Å². The van der Waals surface area contributed by atoms with Crippen LogP contribution in [0.2, 0.25) is 0 Å². The van der Waals surface area contributed by atoms with Crippen LogP contribution in [0.3, 0.4) is 0 Å². The van der Waals surface area contributed by atoms with Gasteiger partial charge in [0, 0.05) is 38.4 Å². The lowest BCUT2D eigenvalue weighted by atomic mass is 10.1. The normalized spacial score (nSPS) is 15.6. The number of piperazine rings is 1. The van der Waals surface area contributed by atoms with Crippen molar-refractivity contribution in [1.82, 2.24) is 9.62 Å². The third-order valence-corrected chi connectivity index (χ3v) is 6.92. The highest BCUT2D eigenvalue weighted by molar-refractivity contribution is 7.89. The van der Waals surface area contributed by atoms with E-state index in [1.807, 2.05) is 12.1 Å². The van der Waals surface area contributed by atoms with Gasteiger partial charge in [-0.2, -0.15) is 0 Å². The SMILES string of the molecule is COc1cc(C)c(S(=O)(=O)NCc2ccc(N3CCN(C)CC3)cc2)c(C)c1. The van der Waals surface area contributed by atoms with E-state index in [0.717, 1.165) is 31.7 Å². The summed E-state index contributed by atoms with van der Waals surface area (Å²) in [6, 6.07) is 11.6. The van der Waals surface area contributed by atoms with E-state index in [2.05, 4.69) is 33.7 Å². The number of nitrogens with one attached hydrogen (secondary N) is 1. The summed E-state index contributed by atoms with van der Waals surface area (Å²) < 4.78 is 33.6. The fourth-order valence-electron chi connectivity index (χ4n) is 3.59. The molecule has 1 saturated heterocycles. The molecule has 28 heavy (non-hydrogen) atoms. The summed E-state index contributed by atoms with van der Waals surface area (Å²) in [5, 5.41) is 0. The van der Waals surface area contributed by atoms with Crippen LogP contribution in [-0.4, -0.2) is 53.7 Å². The van der Waals surface area contributed by atoms with Gasteiger partial charge in [-0.25, -0.2) is 13.1 Å². The van der Waals surface area contributed by atoms with Gasteiger partial charge in [-0.15, -0.1) is 0 Å². The zero-order valence-electron chi connectivity index (χ0n) is 17.0. The highest BCUT2D eigenvalue weighted by Gasteiger charge is 2.20. The van der Waals surface area contributed by atoms with Gasteiger partial charge in [0.25, 0.3) is 0 Å². The minimum absolute atomic E-state index is 0.260. The van der Waals surface area contributed by atoms with Crippen molar-refractivity contribution in [3.63, 3.8) is 0 Å². The van der Waals surface area contributed by atoms with Crippen molar-refractivity contribution in [1.29, 1.82) is 0 Å². The van der Waals surface area contributed by atoms with Crippen LogP contribution < -0.4 is 14.4 Å². The van der Waals surface area contributed by atoms with Crippen LogP contribution in [0.15, 0.2) is 41.3 Å². The number of rotatable bonds is 6. The number of benzene rings is 2. The molecule has 1 heterocycles. The molecule has 0 atom stereocenters. The lowest BCUT2D eigenvalue weighted by Gasteiger charge is -2.34. The molecule has 7 heteroatoms. The van der Waals surface area contributed by atoms with Gasteiger partial charge in [0.15, 0.2) is 0 Å². The largest absolute Gasteiger partial charge is 0.497 e. The minimum Gasteiger partial charge on any atom is -0.497 e. The molecule has 0 aromatic heterocycles. The van der Waals surface area contributed by atoms with E-state index in [4.69, 9.17) is 4.74 Å². The Hall–Kier alpha value is -2.09. The first-order valence-corrected chi connectivity index (χ1v) is 11.0. The summed E-state index contributed by atoms with van der Waals surface area (Å²) >= 11 is 0. The second-order valence-electron chi connectivity index (χ2n) is 7.37. The third-order valence-electron chi connectivity index (χ3n) is 5.21. The fourth-order valence-corrected chi connectivity index (χ4v) is 5.06. The summed E-state index contributed by atoms with van der Waals surface area (Å²) in [7, 11) is 0.111. The van der Waals surface area contributed by atoms with Crippen LogP contribution >= 0.6 is 0 Å². The van der Waals surface area contributed by atoms with E-state index in [-0.39, 0.29) is 6.54 Å². The van der Waals surface area contributed by atoms with E-state index in [0.29, 0.717) is 21.8 Å². The number of hydrogen-bond donors (Lipinski definition) is 1. The monoisotopic (exact) mass is 403 g/mol. The molecule has 1 aliphatic rings. The van der Waals surface area contributed by atoms with Crippen molar-refractivity contribution < 1.29 is 13.2 Å². The number of methoxy groups -OCH3 is 1. The molecule has 6 nitrogen and oxygen atoms in total. The number of likely N-dealkylation sites (N-methyl/N-ethyl adjacent to an activating group) is 1. The average molecular weight is 404 g/mol. The Morgan fingerprint density at radius 2 is 1.57 bits per heavy atom. The van der Waals surface area contributed by atoms with Gasteiger partial charge in [-0.1, -0.05) is 12.1 Å². The number of ether oxygens (including phenoxy) is 1. The molecule has 0 bridgehead atoms. The quantitative estimate of drug-likeness (QED) is 0.803. The van der Waals surface area contributed by atoms with E-state index in [9.17, 15) is 8.42 Å². The molecule has 0 aliphatic carbocycles. The van der Waals surface area contributed by atoms with Gasteiger partial charge in [0.05, 0.1) is 12.0 Å². The first-order chi connectivity index (χ1) is 13.3. The fraction of sp³-hybridized carbons (Fsp3) is 0.429. The van der Waals surface area contributed by atoms with Crippen LogP contribution in [0.1, 0.15) is 16.7 Å². The molecule has 0 spiro atoms. The standard InChI is InChI=1S/C21H29N3O3S/c1-16-13-20(27-4)14-17(2)21(16)28(25,26)22-15-18-5-7-19(8-6-18)24-11-9-23(3)10-12-24/h5-8,13-14,22H,9-12,15H2,1-4H3. The Kier molecular flexibility index (Phi) is 6.27. The highest BCUT2D eigenvalue weighted by Crippen LogP contribution is 2.26. The predicted molar refractivity (Wildman–Crippen MR) is 113 cm³/mol. The van der Waals surface area contributed by atoms with Gasteiger partial charge in [-0.3, -0.25) is 0 Å². The third kappa shape index (κ3) is 4.66. The van der Waals surface area contributed by atoms with Gasteiger partial charge in [0.1, 0.15) is 5.75 Å². The predicted octanol–water partition coefficient (Wildman–Crippen LogP) is 2.54. The van der Waals surface area contributed by atoms with Crippen LogP contribution in [0.4, 0.5) is 5.69 Å². The molecule has 3 rings (SSSR count). The van der Waals surface area contributed by atoms with Gasteiger partial charge >= 0.3 is 0 Å². The second kappa shape index (κ2) is 8.51. The van der Waals surface area contributed by atoms with E-state index in [1.165, 1.54) is 5.69 Å². The number of anilines is 1. The zero-order chi connectivity index (χ0) is 20.3. The topological polar surface area (TPSA) is 61.9 Å². The highest BCUT2D eigenvalue weighted by atomic mass is 32.2. The Labute approximate surface area is 168 Å². The molecular weight excluding hydrogens is 374 g/mol. The van der Waals surface area contributed by atoms with Crippen LogP contribution in [0.5, 0.6) is 5.75 Å². The molecule has 152 valence electrons. The smallest absolute Gasteiger partial charge is 0.241 e. The first kappa shape index (κ1) is 20.6.